The third-order valence-corrected chi connectivity index (χ3v) is 2.87. The quantitative estimate of drug-likeness (QED) is 0.594. The summed E-state index contributed by atoms with van der Waals surface area (Å²) in [6.45, 7) is 2.66. The lowest BCUT2D eigenvalue weighted by atomic mass is 10.2. The Morgan fingerprint density at radius 3 is 2.35 bits per heavy atom. The van der Waals surface area contributed by atoms with E-state index in [1.54, 1.807) is 31.4 Å². The molecule has 0 fully saturated rings. The van der Waals surface area contributed by atoms with E-state index in [-0.39, 0.29) is 0 Å². The predicted molar refractivity (Wildman–Crippen MR) is 78.8 cm³/mol. The number of hydrogen-bond donors (Lipinski definition) is 2. The van der Waals surface area contributed by atoms with Gasteiger partial charge in [-0.25, -0.2) is 0 Å². The molecule has 2 N–H and O–H groups in total. The van der Waals surface area contributed by atoms with Crippen molar-refractivity contribution in [2.75, 3.05) is 19.0 Å². The van der Waals surface area contributed by atoms with Crippen LogP contribution in [0.1, 0.15) is 32.6 Å². The van der Waals surface area contributed by atoms with Gasteiger partial charge >= 0.3 is 11.8 Å². The van der Waals surface area contributed by atoms with E-state index in [1.165, 1.54) is 0 Å². The molecule has 1 aromatic rings. The molecule has 1 rings (SSSR count). The zero-order valence-electron chi connectivity index (χ0n) is 12.1. The average Bonchev–Trinajstić information content (AvgIpc) is 2.47. The maximum atomic E-state index is 11.6. The maximum absolute atomic E-state index is 11.6. The number of benzene rings is 1. The lowest BCUT2D eigenvalue weighted by Crippen LogP contribution is -2.35. The lowest BCUT2D eigenvalue weighted by molar-refractivity contribution is -0.136. The number of nitrogens with one attached hydrogen (secondary N) is 2. The van der Waals surface area contributed by atoms with Gasteiger partial charge in [-0.15, -0.1) is 0 Å². The number of hydrogen-bond acceptors (Lipinski definition) is 3. The van der Waals surface area contributed by atoms with Gasteiger partial charge in [0.25, 0.3) is 0 Å². The van der Waals surface area contributed by atoms with Gasteiger partial charge in [-0.2, -0.15) is 0 Å². The third kappa shape index (κ3) is 5.73. The summed E-state index contributed by atoms with van der Waals surface area (Å²) in [6, 6.07) is 6.81. The van der Waals surface area contributed by atoms with Crippen molar-refractivity contribution in [1.29, 1.82) is 0 Å². The molecule has 0 radical (unpaired) electrons. The molecule has 0 saturated carbocycles. The summed E-state index contributed by atoms with van der Waals surface area (Å²) in [5.74, 6) is -0.550. The van der Waals surface area contributed by atoms with Crippen molar-refractivity contribution in [3.05, 3.63) is 24.3 Å². The van der Waals surface area contributed by atoms with Crippen molar-refractivity contribution in [2.45, 2.75) is 32.6 Å². The minimum Gasteiger partial charge on any atom is -0.497 e. The van der Waals surface area contributed by atoms with Gasteiger partial charge in [-0.05, 0) is 30.7 Å². The van der Waals surface area contributed by atoms with E-state index < -0.39 is 11.8 Å². The van der Waals surface area contributed by atoms with Crippen molar-refractivity contribution in [1.82, 2.24) is 5.32 Å². The lowest BCUT2D eigenvalue weighted by Gasteiger charge is -2.07. The van der Waals surface area contributed by atoms with Gasteiger partial charge in [0.15, 0.2) is 0 Å². The molecule has 1 aromatic carbocycles. The predicted octanol–water partition coefficient (Wildman–Crippen LogP) is 2.33. The van der Waals surface area contributed by atoms with Crippen molar-refractivity contribution < 1.29 is 14.3 Å². The molecule has 0 bridgehead atoms. The molecule has 2 amide bonds. The molecule has 5 heteroatoms. The molecule has 0 saturated heterocycles. The first-order chi connectivity index (χ1) is 9.67. The fourth-order valence-electron chi connectivity index (χ4n) is 1.70. The van der Waals surface area contributed by atoms with E-state index in [4.69, 9.17) is 4.74 Å². The zero-order valence-corrected chi connectivity index (χ0v) is 12.1. The second-order valence-electron chi connectivity index (χ2n) is 4.50. The van der Waals surface area contributed by atoms with Crippen LogP contribution in [0, 0.1) is 0 Å². The summed E-state index contributed by atoms with van der Waals surface area (Å²) in [4.78, 5) is 23.2. The van der Waals surface area contributed by atoms with Crippen LogP contribution >= 0.6 is 0 Å². The van der Waals surface area contributed by atoms with Gasteiger partial charge < -0.3 is 15.4 Å². The van der Waals surface area contributed by atoms with Crippen LogP contribution in [0.25, 0.3) is 0 Å². The average molecular weight is 278 g/mol. The number of carbonyl (C=O) groups is 2. The highest BCUT2D eigenvalue weighted by Gasteiger charge is 2.12. The summed E-state index contributed by atoms with van der Waals surface area (Å²) in [5, 5.41) is 5.15. The Labute approximate surface area is 119 Å². The monoisotopic (exact) mass is 278 g/mol. The van der Waals surface area contributed by atoms with Gasteiger partial charge in [0.2, 0.25) is 0 Å². The summed E-state index contributed by atoms with van der Waals surface area (Å²) in [6.07, 6.45) is 4.26. The SMILES string of the molecule is CCCCCCNC(=O)C(=O)Nc1ccc(OC)cc1. The Morgan fingerprint density at radius 2 is 1.75 bits per heavy atom. The Kier molecular flexibility index (Phi) is 7.17. The van der Waals surface area contributed by atoms with Crippen LogP contribution in [0.4, 0.5) is 5.69 Å². The minimum atomic E-state index is -0.648. The normalized spacial score (nSPS) is 9.90. The summed E-state index contributed by atoms with van der Waals surface area (Å²) < 4.78 is 5.01. The van der Waals surface area contributed by atoms with Crippen LogP contribution in [-0.2, 0) is 9.59 Å². The molecule has 0 atom stereocenters. The van der Waals surface area contributed by atoms with Gasteiger partial charge in [-0.3, -0.25) is 9.59 Å². The number of unbranched alkanes of at least 4 members (excludes halogenated alkanes) is 3. The zero-order chi connectivity index (χ0) is 14.8. The second kappa shape index (κ2) is 8.96. The van der Waals surface area contributed by atoms with Gasteiger partial charge in [-0.1, -0.05) is 26.2 Å². The second-order valence-corrected chi connectivity index (χ2v) is 4.50. The first kappa shape index (κ1) is 16.0. The van der Waals surface area contributed by atoms with Crippen molar-refractivity contribution in [3.8, 4) is 5.75 Å². The summed E-state index contributed by atoms with van der Waals surface area (Å²) in [7, 11) is 1.57. The molecule has 0 aromatic heterocycles. The molecule has 0 aliphatic carbocycles. The molecule has 0 spiro atoms. The largest absolute Gasteiger partial charge is 0.497 e. The van der Waals surface area contributed by atoms with Crippen molar-refractivity contribution in [2.24, 2.45) is 0 Å². The number of anilines is 1. The molecule has 20 heavy (non-hydrogen) atoms. The molecule has 0 aliphatic rings. The Morgan fingerprint density at radius 1 is 1.05 bits per heavy atom. The highest BCUT2D eigenvalue weighted by Crippen LogP contribution is 2.14. The van der Waals surface area contributed by atoms with Gasteiger partial charge in [0.05, 0.1) is 7.11 Å². The first-order valence-corrected chi connectivity index (χ1v) is 6.90. The Hall–Kier alpha value is -2.04. The Bertz CT molecular complexity index is 429. The molecule has 110 valence electrons. The molecule has 0 unspecified atom stereocenters. The number of amides is 2. The van der Waals surface area contributed by atoms with Crippen LogP contribution in [0.15, 0.2) is 24.3 Å². The van der Waals surface area contributed by atoms with Gasteiger partial charge in [0, 0.05) is 12.2 Å². The number of carbonyl (C=O) groups excluding carboxylic acids is 2. The molecular formula is C15H22N2O3. The molecular weight excluding hydrogens is 256 g/mol. The standard InChI is InChI=1S/C15H22N2O3/c1-3-4-5-6-11-16-14(18)15(19)17-12-7-9-13(20-2)10-8-12/h7-10H,3-6,11H2,1-2H3,(H,16,18)(H,17,19). The fourth-order valence-corrected chi connectivity index (χ4v) is 1.70. The third-order valence-electron chi connectivity index (χ3n) is 2.87. The topological polar surface area (TPSA) is 67.4 Å². The smallest absolute Gasteiger partial charge is 0.313 e. The highest BCUT2D eigenvalue weighted by molar-refractivity contribution is 6.39. The van der Waals surface area contributed by atoms with E-state index in [0.29, 0.717) is 18.0 Å². The number of rotatable bonds is 7. The van der Waals surface area contributed by atoms with Crippen molar-refractivity contribution >= 4 is 17.5 Å². The van der Waals surface area contributed by atoms with E-state index in [0.717, 1.165) is 25.7 Å². The highest BCUT2D eigenvalue weighted by atomic mass is 16.5. The van der Waals surface area contributed by atoms with Crippen LogP contribution in [0.5, 0.6) is 5.75 Å². The van der Waals surface area contributed by atoms with E-state index in [9.17, 15) is 9.59 Å². The molecule has 0 aliphatic heterocycles. The van der Waals surface area contributed by atoms with Crippen LogP contribution in [0.2, 0.25) is 0 Å². The molecule has 0 heterocycles. The summed E-state index contributed by atoms with van der Waals surface area (Å²) in [5.41, 5.74) is 0.567. The van der Waals surface area contributed by atoms with Crippen LogP contribution < -0.4 is 15.4 Å². The minimum absolute atomic E-state index is 0.537. The van der Waals surface area contributed by atoms with Crippen LogP contribution in [0.3, 0.4) is 0 Å². The first-order valence-electron chi connectivity index (χ1n) is 6.90. The maximum Gasteiger partial charge on any atom is 0.313 e. The van der Waals surface area contributed by atoms with E-state index >= 15 is 0 Å². The van der Waals surface area contributed by atoms with E-state index in [2.05, 4.69) is 17.6 Å². The van der Waals surface area contributed by atoms with Gasteiger partial charge in [0.1, 0.15) is 5.75 Å². The Balaban J connectivity index is 2.31. The van der Waals surface area contributed by atoms with E-state index in [1.807, 2.05) is 0 Å². The number of ether oxygens (including phenoxy) is 1. The molecule has 5 nitrogen and oxygen atoms in total. The number of methoxy groups -OCH3 is 1. The fraction of sp³-hybridized carbons (Fsp3) is 0.467. The van der Waals surface area contributed by atoms with Crippen molar-refractivity contribution in [3.63, 3.8) is 0 Å². The van der Waals surface area contributed by atoms with Crippen LogP contribution in [-0.4, -0.2) is 25.5 Å². The summed E-state index contributed by atoms with van der Waals surface area (Å²) >= 11 is 0.